The second-order valence-electron chi connectivity index (χ2n) is 5.27. The molecule has 5 heteroatoms. The molecule has 1 heterocycles. The van der Waals surface area contributed by atoms with Gasteiger partial charge in [-0.05, 0) is 30.9 Å². The number of nitrogens with two attached hydrogens (primary N) is 1. The van der Waals surface area contributed by atoms with Gasteiger partial charge in [-0.3, -0.25) is 15.6 Å². The smallest absolute Gasteiger partial charge is 0.270 e. The van der Waals surface area contributed by atoms with E-state index in [-0.39, 0.29) is 11.9 Å². The molecule has 1 aromatic heterocycles. The molecule has 1 aliphatic carbocycles. The van der Waals surface area contributed by atoms with Crippen LogP contribution in [0.5, 0.6) is 0 Å². The maximum Gasteiger partial charge on any atom is 0.270 e. The van der Waals surface area contributed by atoms with E-state index in [1.165, 1.54) is 25.7 Å². The minimum atomic E-state index is -0.115. The molecule has 1 aromatic rings. The number of carbonyl (C=O) groups excluding carboxylic acids is 1. The number of nitrogen functional groups attached to an aromatic ring is 1. The Morgan fingerprint density at radius 3 is 2.95 bits per heavy atom. The summed E-state index contributed by atoms with van der Waals surface area (Å²) in [7, 11) is 0. The van der Waals surface area contributed by atoms with Crippen molar-refractivity contribution in [3.05, 3.63) is 24.0 Å². The molecule has 1 amide bonds. The van der Waals surface area contributed by atoms with E-state index in [0.29, 0.717) is 17.3 Å². The van der Waals surface area contributed by atoms with E-state index >= 15 is 0 Å². The van der Waals surface area contributed by atoms with Gasteiger partial charge in [0.25, 0.3) is 5.91 Å². The standard InChI is InChI=1S/C14H22N4O/c1-10-5-3-2-4-6-12(10)17-14(19)13-9-11(18-15)7-8-16-13/h7-10,12H,2-6,15H2,1H3,(H,16,18)(H,17,19). The van der Waals surface area contributed by atoms with Crippen LogP contribution in [0.2, 0.25) is 0 Å². The second kappa shape index (κ2) is 6.52. The van der Waals surface area contributed by atoms with Gasteiger partial charge in [-0.2, -0.15) is 0 Å². The molecule has 0 saturated heterocycles. The summed E-state index contributed by atoms with van der Waals surface area (Å²) in [4.78, 5) is 16.3. The topological polar surface area (TPSA) is 80.0 Å². The SMILES string of the molecule is CC1CCCCCC1NC(=O)c1cc(NN)ccn1. The highest BCUT2D eigenvalue weighted by molar-refractivity contribution is 5.93. The number of aromatic nitrogens is 1. The third-order valence-corrected chi connectivity index (χ3v) is 3.84. The van der Waals surface area contributed by atoms with Crippen LogP contribution in [-0.2, 0) is 0 Å². The third kappa shape index (κ3) is 3.67. The number of hydrogen-bond acceptors (Lipinski definition) is 4. The van der Waals surface area contributed by atoms with E-state index in [1.54, 1.807) is 18.3 Å². The fraction of sp³-hybridized carbons (Fsp3) is 0.571. The van der Waals surface area contributed by atoms with Gasteiger partial charge in [-0.15, -0.1) is 0 Å². The van der Waals surface area contributed by atoms with Crippen molar-refractivity contribution < 1.29 is 4.79 Å². The lowest BCUT2D eigenvalue weighted by molar-refractivity contribution is 0.0916. The van der Waals surface area contributed by atoms with Crippen LogP contribution < -0.4 is 16.6 Å². The molecule has 0 radical (unpaired) electrons. The van der Waals surface area contributed by atoms with Crippen LogP contribution in [0.1, 0.15) is 49.5 Å². The molecule has 4 N–H and O–H groups in total. The minimum absolute atomic E-state index is 0.115. The summed E-state index contributed by atoms with van der Waals surface area (Å²) in [5, 5.41) is 3.11. The fourth-order valence-electron chi connectivity index (χ4n) is 2.59. The monoisotopic (exact) mass is 262 g/mol. The lowest BCUT2D eigenvalue weighted by atomic mass is 9.97. The van der Waals surface area contributed by atoms with Crippen molar-refractivity contribution >= 4 is 11.6 Å². The van der Waals surface area contributed by atoms with Crippen molar-refractivity contribution in [2.75, 3.05) is 5.43 Å². The Morgan fingerprint density at radius 1 is 1.37 bits per heavy atom. The molecule has 19 heavy (non-hydrogen) atoms. The molecular formula is C14H22N4O. The first kappa shape index (κ1) is 13.8. The van der Waals surface area contributed by atoms with Crippen molar-refractivity contribution in [2.45, 2.75) is 45.1 Å². The predicted octanol–water partition coefficient (Wildman–Crippen LogP) is 2.07. The molecule has 0 aliphatic heterocycles. The average molecular weight is 262 g/mol. The van der Waals surface area contributed by atoms with Gasteiger partial charge in [0.15, 0.2) is 0 Å². The van der Waals surface area contributed by atoms with E-state index < -0.39 is 0 Å². The highest BCUT2D eigenvalue weighted by Crippen LogP contribution is 2.23. The number of hydrazine groups is 1. The zero-order valence-corrected chi connectivity index (χ0v) is 11.4. The van der Waals surface area contributed by atoms with E-state index in [9.17, 15) is 4.79 Å². The molecule has 1 fully saturated rings. The third-order valence-electron chi connectivity index (χ3n) is 3.84. The van der Waals surface area contributed by atoms with Crippen molar-refractivity contribution in [3.8, 4) is 0 Å². The molecular weight excluding hydrogens is 240 g/mol. The maximum absolute atomic E-state index is 12.2. The van der Waals surface area contributed by atoms with E-state index in [0.717, 1.165) is 6.42 Å². The number of carbonyl (C=O) groups is 1. The molecule has 0 spiro atoms. The predicted molar refractivity (Wildman–Crippen MR) is 75.6 cm³/mol. The molecule has 5 nitrogen and oxygen atoms in total. The summed E-state index contributed by atoms with van der Waals surface area (Å²) in [5.41, 5.74) is 3.62. The Hall–Kier alpha value is -1.62. The summed E-state index contributed by atoms with van der Waals surface area (Å²) < 4.78 is 0. The summed E-state index contributed by atoms with van der Waals surface area (Å²) in [6, 6.07) is 3.65. The Bertz CT molecular complexity index is 435. The van der Waals surface area contributed by atoms with Gasteiger partial charge in [0, 0.05) is 12.2 Å². The van der Waals surface area contributed by atoms with Crippen LogP contribution in [-0.4, -0.2) is 16.9 Å². The van der Waals surface area contributed by atoms with Crippen LogP contribution in [0.4, 0.5) is 5.69 Å². The van der Waals surface area contributed by atoms with Gasteiger partial charge in [0.05, 0.1) is 5.69 Å². The molecule has 2 atom stereocenters. The quantitative estimate of drug-likeness (QED) is 0.442. The summed E-state index contributed by atoms with van der Waals surface area (Å²) >= 11 is 0. The van der Waals surface area contributed by atoms with Gasteiger partial charge in [0.1, 0.15) is 5.69 Å². The first-order valence-corrected chi connectivity index (χ1v) is 6.94. The Balaban J connectivity index is 2.02. The normalized spacial score (nSPS) is 23.5. The first-order chi connectivity index (χ1) is 9.20. The Labute approximate surface area is 114 Å². The summed E-state index contributed by atoms with van der Waals surface area (Å²) in [6.45, 7) is 2.21. The number of anilines is 1. The van der Waals surface area contributed by atoms with Gasteiger partial charge in [0.2, 0.25) is 0 Å². The lowest BCUT2D eigenvalue weighted by Crippen LogP contribution is -2.39. The molecule has 2 unspecified atom stereocenters. The van der Waals surface area contributed by atoms with Crippen LogP contribution in [0.15, 0.2) is 18.3 Å². The molecule has 1 saturated carbocycles. The average Bonchev–Trinajstić information content (AvgIpc) is 2.64. The maximum atomic E-state index is 12.2. The number of hydrogen-bond donors (Lipinski definition) is 3. The van der Waals surface area contributed by atoms with Crippen LogP contribution >= 0.6 is 0 Å². The Kier molecular flexibility index (Phi) is 4.74. The molecule has 0 aromatic carbocycles. The van der Waals surface area contributed by atoms with Gasteiger partial charge in [-0.25, -0.2) is 0 Å². The van der Waals surface area contributed by atoms with Gasteiger partial charge < -0.3 is 10.7 Å². The second-order valence-corrected chi connectivity index (χ2v) is 5.27. The fourth-order valence-corrected chi connectivity index (χ4v) is 2.59. The Morgan fingerprint density at radius 2 is 2.16 bits per heavy atom. The van der Waals surface area contributed by atoms with E-state index in [1.807, 2.05) is 0 Å². The molecule has 104 valence electrons. The zero-order valence-electron chi connectivity index (χ0n) is 11.4. The number of amides is 1. The minimum Gasteiger partial charge on any atom is -0.348 e. The van der Waals surface area contributed by atoms with E-state index in [4.69, 9.17) is 5.84 Å². The molecule has 1 aliphatic rings. The van der Waals surface area contributed by atoms with Crippen molar-refractivity contribution in [2.24, 2.45) is 11.8 Å². The zero-order chi connectivity index (χ0) is 13.7. The number of nitrogens with one attached hydrogen (secondary N) is 2. The van der Waals surface area contributed by atoms with Crippen LogP contribution in [0.25, 0.3) is 0 Å². The van der Waals surface area contributed by atoms with Gasteiger partial charge in [-0.1, -0.05) is 26.2 Å². The van der Waals surface area contributed by atoms with Crippen LogP contribution in [0, 0.1) is 5.92 Å². The van der Waals surface area contributed by atoms with E-state index in [2.05, 4.69) is 22.7 Å². The number of nitrogens with zero attached hydrogens (tertiary/aromatic N) is 1. The highest BCUT2D eigenvalue weighted by Gasteiger charge is 2.22. The summed E-state index contributed by atoms with van der Waals surface area (Å²) in [6.07, 6.45) is 7.54. The molecule has 0 bridgehead atoms. The largest absolute Gasteiger partial charge is 0.348 e. The van der Waals surface area contributed by atoms with Crippen molar-refractivity contribution in [3.63, 3.8) is 0 Å². The molecule has 2 rings (SSSR count). The van der Waals surface area contributed by atoms with Crippen LogP contribution in [0.3, 0.4) is 0 Å². The lowest BCUT2D eigenvalue weighted by Gasteiger charge is -2.22. The highest BCUT2D eigenvalue weighted by atomic mass is 16.1. The first-order valence-electron chi connectivity index (χ1n) is 6.94. The van der Waals surface area contributed by atoms with Gasteiger partial charge >= 0.3 is 0 Å². The summed E-state index contributed by atoms with van der Waals surface area (Å²) in [5.74, 6) is 5.75. The number of pyridine rings is 1. The van der Waals surface area contributed by atoms with Crippen molar-refractivity contribution in [1.82, 2.24) is 10.3 Å². The van der Waals surface area contributed by atoms with Crippen molar-refractivity contribution in [1.29, 1.82) is 0 Å². The number of rotatable bonds is 3.